The van der Waals surface area contributed by atoms with Gasteiger partial charge in [-0.1, -0.05) is 13.0 Å². The minimum absolute atomic E-state index is 0.242. The van der Waals surface area contributed by atoms with Gasteiger partial charge in [-0.3, -0.25) is 4.21 Å². The fraction of sp³-hybridized carbons (Fsp3) is 0.600. The highest BCUT2D eigenvalue weighted by Crippen LogP contribution is 2.30. The Bertz CT molecular complexity index is 464. The lowest BCUT2D eigenvalue weighted by Crippen LogP contribution is -2.20. The molecule has 0 aromatic heterocycles. The molecule has 112 valence electrons. The van der Waals surface area contributed by atoms with Gasteiger partial charge in [0.25, 0.3) is 0 Å². The fourth-order valence-electron chi connectivity index (χ4n) is 2.02. The molecule has 2 unspecified atom stereocenters. The van der Waals surface area contributed by atoms with Crippen molar-refractivity contribution in [1.82, 2.24) is 5.32 Å². The Balaban J connectivity index is 1.81. The van der Waals surface area contributed by atoms with Gasteiger partial charge in [-0.05, 0) is 30.7 Å². The zero-order chi connectivity index (χ0) is 14.4. The van der Waals surface area contributed by atoms with Crippen LogP contribution in [0.15, 0.2) is 18.2 Å². The lowest BCUT2D eigenvalue weighted by molar-refractivity contribution is 0.297. The van der Waals surface area contributed by atoms with Crippen molar-refractivity contribution in [2.24, 2.45) is 0 Å². The van der Waals surface area contributed by atoms with E-state index in [1.165, 1.54) is 5.56 Å². The van der Waals surface area contributed by atoms with Crippen LogP contribution < -0.4 is 14.8 Å². The minimum atomic E-state index is -0.739. The number of benzene rings is 1. The largest absolute Gasteiger partial charge is 0.490 e. The first kappa shape index (κ1) is 15.3. The standard InChI is InChI=1S/C15H23NO3S/c1-12(20(2)17)6-7-16-11-13-4-5-14-15(10-13)19-9-3-8-18-14/h4-5,10,12,16H,3,6-9,11H2,1-2H3. The molecule has 0 spiro atoms. The van der Waals surface area contributed by atoms with Gasteiger partial charge < -0.3 is 14.8 Å². The van der Waals surface area contributed by atoms with Crippen molar-refractivity contribution in [2.45, 2.75) is 31.6 Å². The molecule has 2 rings (SSSR count). The third-order valence-electron chi connectivity index (χ3n) is 3.44. The second kappa shape index (κ2) is 7.64. The zero-order valence-electron chi connectivity index (χ0n) is 12.2. The molecular formula is C15H23NO3S. The van der Waals surface area contributed by atoms with Gasteiger partial charge in [-0.2, -0.15) is 0 Å². The van der Waals surface area contributed by atoms with E-state index in [2.05, 4.69) is 11.4 Å². The molecule has 1 N–H and O–H groups in total. The second-order valence-corrected chi connectivity index (χ2v) is 6.91. The van der Waals surface area contributed by atoms with Crippen molar-refractivity contribution in [1.29, 1.82) is 0 Å². The SMILES string of the molecule is CC(CCNCc1ccc2c(c1)OCCCO2)S(C)=O. The van der Waals surface area contributed by atoms with E-state index in [1.807, 2.05) is 19.1 Å². The smallest absolute Gasteiger partial charge is 0.161 e. The van der Waals surface area contributed by atoms with Gasteiger partial charge in [0.05, 0.1) is 13.2 Å². The van der Waals surface area contributed by atoms with Crippen molar-refractivity contribution >= 4 is 10.8 Å². The molecule has 1 aromatic carbocycles. The Morgan fingerprint density at radius 1 is 1.30 bits per heavy atom. The lowest BCUT2D eigenvalue weighted by atomic mass is 10.2. The molecule has 0 amide bonds. The molecule has 0 fully saturated rings. The molecule has 2 atom stereocenters. The molecule has 0 aliphatic carbocycles. The van der Waals surface area contributed by atoms with E-state index >= 15 is 0 Å². The van der Waals surface area contributed by atoms with Gasteiger partial charge in [-0.25, -0.2) is 0 Å². The summed E-state index contributed by atoms with van der Waals surface area (Å²) in [7, 11) is -0.739. The van der Waals surface area contributed by atoms with Crippen LogP contribution in [0.2, 0.25) is 0 Å². The third kappa shape index (κ3) is 4.49. The highest BCUT2D eigenvalue weighted by atomic mass is 32.2. The van der Waals surface area contributed by atoms with Crippen LogP contribution in [0.4, 0.5) is 0 Å². The Labute approximate surface area is 123 Å². The fourth-order valence-corrected chi connectivity index (χ4v) is 2.47. The van der Waals surface area contributed by atoms with Crippen LogP contribution in [0.1, 0.15) is 25.3 Å². The third-order valence-corrected chi connectivity index (χ3v) is 4.80. The average Bonchev–Trinajstić information content (AvgIpc) is 2.67. The van der Waals surface area contributed by atoms with Gasteiger partial charge in [0.15, 0.2) is 11.5 Å². The summed E-state index contributed by atoms with van der Waals surface area (Å²) in [4.78, 5) is 0. The summed E-state index contributed by atoms with van der Waals surface area (Å²) in [6, 6.07) is 6.07. The number of nitrogens with one attached hydrogen (secondary N) is 1. The van der Waals surface area contributed by atoms with Crippen LogP contribution in [-0.4, -0.2) is 35.5 Å². The monoisotopic (exact) mass is 297 g/mol. The van der Waals surface area contributed by atoms with E-state index in [9.17, 15) is 4.21 Å². The van der Waals surface area contributed by atoms with Crippen LogP contribution in [0, 0.1) is 0 Å². The van der Waals surface area contributed by atoms with E-state index in [0.717, 1.165) is 44.0 Å². The van der Waals surface area contributed by atoms with Gasteiger partial charge >= 0.3 is 0 Å². The van der Waals surface area contributed by atoms with E-state index in [1.54, 1.807) is 6.26 Å². The second-order valence-electron chi connectivity index (χ2n) is 5.11. The summed E-state index contributed by atoms with van der Waals surface area (Å²) >= 11 is 0. The van der Waals surface area contributed by atoms with Gasteiger partial charge in [0.2, 0.25) is 0 Å². The number of fused-ring (bicyclic) bond motifs is 1. The summed E-state index contributed by atoms with van der Waals surface area (Å²) < 4.78 is 22.5. The summed E-state index contributed by atoms with van der Waals surface area (Å²) in [5, 5.41) is 3.62. The highest BCUT2D eigenvalue weighted by molar-refractivity contribution is 7.84. The molecule has 1 aliphatic heterocycles. The Hall–Kier alpha value is -1.07. The first-order valence-electron chi connectivity index (χ1n) is 7.08. The molecule has 0 radical (unpaired) electrons. The quantitative estimate of drug-likeness (QED) is 0.817. The summed E-state index contributed by atoms with van der Waals surface area (Å²) in [5.41, 5.74) is 1.18. The topological polar surface area (TPSA) is 47.6 Å². The molecule has 5 heteroatoms. The van der Waals surface area contributed by atoms with Gasteiger partial charge in [-0.15, -0.1) is 0 Å². The first-order valence-corrected chi connectivity index (χ1v) is 8.70. The number of rotatable bonds is 6. The number of hydrogen-bond donors (Lipinski definition) is 1. The van der Waals surface area contributed by atoms with Crippen LogP contribution in [-0.2, 0) is 17.3 Å². The van der Waals surface area contributed by atoms with Crippen molar-refractivity contribution in [3.8, 4) is 11.5 Å². The van der Waals surface area contributed by atoms with Crippen LogP contribution >= 0.6 is 0 Å². The molecule has 1 heterocycles. The first-order chi connectivity index (χ1) is 9.66. The van der Waals surface area contributed by atoms with Crippen molar-refractivity contribution in [2.75, 3.05) is 26.0 Å². The molecule has 0 saturated carbocycles. The Kier molecular flexibility index (Phi) is 5.86. The molecule has 1 aliphatic rings. The minimum Gasteiger partial charge on any atom is -0.490 e. The molecule has 0 bridgehead atoms. The molecule has 1 aromatic rings. The van der Waals surface area contributed by atoms with Crippen LogP contribution in [0.5, 0.6) is 11.5 Å². The van der Waals surface area contributed by atoms with Gasteiger partial charge in [0, 0.05) is 35.3 Å². The van der Waals surface area contributed by atoms with Crippen molar-refractivity contribution < 1.29 is 13.7 Å². The Morgan fingerprint density at radius 2 is 2.05 bits per heavy atom. The maximum atomic E-state index is 11.3. The lowest BCUT2D eigenvalue weighted by Gasteiger charge is -2.11. The average molecular weight is 297 g/mol. The summed E-state index contributed by atoms with van der Waals surface area (Å²) in [5.74, 6) is 1.67. The molecule has 0 saturated heterocycles. The Morgan fingerprint density at radius 3 is 2.80 bits per heavy atom. The van der Waals surface area contributed by atoms with Gasteiger partial charge in [0.1, 0.15) is 0 Å². The zero-order valence-corrected chi connectivity index (χ0v) is 13.0. The predicted octanol–water partition coefficient (Wildman–Crippen LogP) is 2.09. The molecular weight excluding hydrogens is 274 g/mol. The number of ether oxygens (including phenoxy) is 2. The maximum Gasteiger partial charge on any atom is 0.161 e. The van der Waals surface area contributed by atoms with E-state index in [4.69, 9.17) is 9.47 Å². The maximum absolute atomic E-state index is 11.3. The summed E-state index contributed by atoms with van der Waals surface area (Å²) in [6.07, 6.45) is 3.61. The summed E-state index contributed by atoms with van der Waals surface area (Å²) in [6.45, 7) is 5.11. The van der Waals surface area contributed by atoms with Crippen LogP contribution in [0.3, 0.4) is 0 Å². The molecule has 20 heavy (non-hydrogen) atoms. The van der Waals surface area contributed by atoms with Crippen LogP contribution in [0.25, 0.3) is 0 Å². The van der Waals surface area contributed by atoms with E-state index in [0.29, 0.717) is 6.61 Å². The van der Waals surface area contributed by atoms with E-state index in [-0.39, 0.29) is 5.25 Å². The van der Waals surface area contributed by atoms with E-state index < -0.39 is 10.8 Å². The van der Waals surface area contributed by atoms with Crippen molar-refractivity contribution in [3.05, 3.63) is 23.8 Å². The predicted molar refractivity (Wildman–Crippen MR) is 81.9 cm³/mol. The normalized spacial score (nSPS) is 17.3. The molecule has 4 nitrogen and oxygen atoms in total. The van der Waals surface area contributed by atoms with Crippen molar-refractivity contribution in [3.63, 3.8) is 0 Å². The number of hydrogen-bond acceptors (Lipinski definition) is 4. The highest BCUT2D eigenvalue weighted by Gasteiger charge is 2.10.